The number of carbonyl (C=O) groups excluding carboxylic acids is 2. The average Bonchev–Trinajstić information content (AvgIpc) is 2.80. The van der Waals surface area contributed by atoms with Crippen molar-refractivity contribution in [1.82, 2.24) is 10.6 Å². The standard InChI is InChI=1S/C27H56BN3O2/c1-3-5-7-9-11-13-15-17-19-21-23-30-26(32)25(29)28-27(33)31-24-22-20-18-16-14-12-10-8-6-4-2/h25,28H,3-24,29H2,1-2H3,(H,30,32)(H,31,33)/t25-/m1/s1. The first kappa shape index (κ1) is 32.0. The highest BCUT2D eigenvalue weighted by Gasteiger charge is 2.19. The molecule has 0 unspecified atom stereocenters. The summed E-state index contributed by atoms with van der Waals surface area (Å²) in [6, 6.07) is 0. The molecule has 0 radical (unpaired) electrons. The van der Waals surface area contributed by atoms with Gasteiger partial charge in [0, 0.05) is 13.1 Å². The normalized spacial score (nSPS) is 11.8. The third-order valence-corrected chi connectivity index (χ3v) is 6.42. The number of amides is 2. The van der Waals surface area contributed by atoms with Crippen molar-refractivity contribution in [3.63, 3.8) is 0 Å². The molecule has 0 rings (SSSR count). The number of hydrogen-bond acceptors (Lipinski definition) is 3. The molecule has 4 N–H and O–H groups in total. The molecule has 0 aromatic heterocycles. The van der Waals surface area contributed by atoms with Crippen LogP contribution in [0.4, 0.5) is 4.79 Å². The van der Waals surface area contributed by atoms with E-state index in [1.54, 1.807) is 0 Å². The van der Waals surface area contributed by atoms with Gasteiger partial charge in [0.05, 0.1) is 5.94 Å². The second kappa shape index (κ2) is 25.6. The van der Waals surface area contributed by atoms with Crippen molar-refractivity contribution in [1.29, 1.82) is 0 Å². The van der Waals surface area contributed by atoms with Crippen molar-refractivity contribution in [2.45, 2.75) is 148 Å². The van der Waals surface area contributed by atoms with Crippen LogP contribution in [-0.2, 0) is 4.79 Å². The van der Waals surface area contributed by atoms with E-state index >= 15 is 0 Å². The number of nitrogens with two attached hydrogens (primary N) is 1. The molecule has 0 aliphatic heterocycles. The van der Waals surface area contributed by atoms with Crippen LogP contribution >= 0.6 is 0 Å². The minimum Gasteiger partial charge on any atom is -0.365 e. The second-order valence-electron chi connectivity index (χ2n) is 9.82. The van der Waals surface area contributed by atoms with Gasteiger partial charge in [-0.1, -0.05) is 129 Å². The summed E-state index contributed by atoms with van der Waals surface area (Å²) >= 11 is 0. The summed E-state index contributed by atoms with van der Waals surface area (Å²) in [7, 11) is 0.0711. The Balaban J connectivity index is 3.46. The number of carbonyl (C=O) groups is 2. The lowest BCUT2D eigenvalue weighted by molar-refractivity contribution is -0.120. The van der Waals surface area contributed by atoms with E-state index in [1.807, 2.05) is 0 Å². The van der Waals surface area contributed by atoms with Crippen LogP contribution in [0.3, 0.4) is 0 Å². The van der Waals surface area contributed by atoms with Gasteiger partial charge < -0.3 is 16.4 Å². The highest BCUT2D eigenvalue weighted by atomic mass is 16.2. The van der Waals surface area contributed by atoms with Crippen molar-refractivity contribution in [3.05, 3.63) is 0 Å². The Morgan fingerprint density at radius 2 is 0.909 bits per heavy atom. The van der Waals surface area contributed by atoms with Crippen LogP contribution in [0.1, 0.15) is 142 Å². The molecule has 2 amide bonds. The predicted octanol–water partition coefficient (Wildman–Crippen LogP) is 6.38. The molecular formula is C27H56BN3O2. The van der Waals surface area contributed by atoms with Gasteiger partial charge in [-0.05, 0) is 12.8 Å². The molecule has 6 heteroatoms. The van der Waals surface area contributed by atoms with Crippen LogP contribution in [0.5, 0.6) is 0 Å². The fourth-order valence-corrected chi connectivity index (χ4v) is 4.16. The molecule has 0 fully saturated rings. The Labute approximate surface area is 206 Å². The maximum absolute atomic E-state index is 12.1. The second-order valence-corrected chi connectivity index (χ2v) is 9.82. The molecule has 0 aliphatic carbocycles. The van der Waals surface area contributed by atoms with Gasteiger partial charge >= 0.3 is 0 Å². The summed E-state index contributed by atoms with van der Waals surface area (Å²) in [6.07, 6.45) is 25.5. The zero-order valence-corrected chi connectivity index (χ0v) is 22.2. The Morgan fingerprint density at radius 3 is 1.30 bits per heavy atom. The number of unbranched alkanes of at least 4 members (excludes halogenated alkanes) is 18. The van der Waals surface area contributed by atoms with Crippen LogP contribution in [0, 0.1) is 0 Å². The highest BCUT2D eigenvalue weighted by Crippen LogP contribution is 2.11. The van der Waals surface area contributed by atoms with Gasteiger partial charge in [-0.3, -0.25) is 9.59 Å². The van der Waals surface area contributed by atoms with Gasteiger partial charge in [0.1, 0.15) is 0 Å². The first-order valence-electron chi connectivity index (χ1n) is 14.4. The third kappa shape index (κ3) is 23.9. The molecule has 1 atom stereocenters. The number of rotatable bonds is 25. The molecule has 0 saturated carbocycles. The molecule has 194 valence electrons. The van der Waals surface area contributed by atoms with Crippen LogP contribution in [0.2, 0.25) is 0 Å². The average molecular weight is 466 g/mol. The van der Waals surface area contributed by atoms with E-state index in [9.17, 15) is 9.59 Å². The Morgan fingerprint density at radius 1 is 0.576 bits per heavy atom. The maximum Gasteiger partial charge on any atom is 0.263 e. The fourth-order valence-electron chi connectivity index (χ4n) is 4.16. The van der Waals surface area contributed by atoms with Crippen LogP contribution in [0.25, 0.3) is 0 Å². The van der Waals surface area contributed by atoms with Crippen molar-refractivity contribution >= 4 is 19.0 Å². The summed E-state index contributed by atoms with van der Waals surface area (Å²) in [5.41, 5.74) is 5.90. The predicted molar refractivity (Wildman–Crippen MR) is 145 cm³/mol. The summed E-state index contributed by atoms with van der Waals surface area (Å²) in [4.78, 5) is 24.1. The summed E-state index contributed by atoms with van der Waals surface area (Å²) < 4.78 is 0. The summed E-state index contributed by atoms with van der Waals surface area (Å²) in [5.74, 6) is -1.08. The lowest BCUT2D eigenvalue weighted by atomic mass is 9.68. The van der Waals surface area contributed by atoms with E-state index in [-0.39, 0.29) is 19.0 Å². The van der Waals surface area contributed by atoms with Crippen molar-refractivity contribution in [3.8, 4) is 0 Å². The first-order valence-corrected chi connectivity index (χ1v) is 14.4. The molecule has 0 heterocycles. The summed E-state index contributed by atoms with van der Waals surface area (Å²) in [5, 5.41) is 5.79. The Bertz CT molecular complexity index is 449. The van der Waals surface area contributed by atoms with E-state index in [0.717, 1.165) is 25.7 Å². The van der Waals surface area contributed by atoms with Crippen LogP contribution in [-0.4, -0.2) is 38.0 Å². The van der Waals surface area contributed by atoms with Gasteiger partial charge in [0.2, 0.25) is 5.91 Å². The van der Waals surface area contributed by atoms with Crippen LogP contribution in [0.15, 0.2) is 0 Å². The highest BCUT2D eigenvalue weighted by molar-refractivity contribution is 6.77. The van der Waals surface area contributed by atoms with Crippen LogP contribution < -0.4 is 16.4 Å². The maximum atomic E-state index is 12.1. The van der Waals surface area contributed by atoms with Crippen molar-refractivity contribution < 1.29 is 9.59 Å². The molecule has 33 heavy (non-hydrogen) atoms. The van der Waals surface area contributed by atoms with E-state index in [2.05, 4.69) is 24.5 Å². The van der Waals surface area contributed by atoms with Gasteiger partial charge in [0.25, 0.3) is 7.28 Å². The van der Waals surface area contributed by atoms with Gasteiger partial charge in [-0.25, -0.2) is 0 Å². The molecule has 0 saturated heterocycles. The largest absolute Gasteiger partial charge is 0.365 e. The zero-order valence-electron chi connectivity index (χ0n) is 22.2. The molecule has 5 nitrogen and oxygen atoms in total. The Hall–Kier alpha value is -1.04. The summed E-state index contributed by atoms with van der Waals surface area (Å²) in [6.45, 7) is 5.84. The number of hydrogen-bond donors (Lipinski definition) is 3. The molecule has 0 bridgehead atoms. The minimum absolute atomic E-state index is 0.0711. The van der Waals surface area contributed by atoms with E-state index in [4.69, 9.17) is 5.73 Å². The molecule has 0 aromatic carbocycles. The topological polar surface area (TPSA) is 84.2 Å². The van der Waals surface area contributed by atoms with Crippen molar-refractivity contribution in [2.75, 3.05) is 13.1 Å². The lowest BCUT2D eigenvalue weighted by Crippen LogP contribution is -2.49. The molecule has 0 spiro atoms. The van der Waals surface area contributed by atoms with E-state index in [1.165, 1.54) is 103 Å². The van der Waals surface area contributed by atoms with E-state index < -0.39 is 5.94 Å². The number of nitrogens with one attached hydrogen (secondary N) is 2. The smallest absolute Gasteiger partial charge is 0.263 e. The SMILES string of the molecule is CCCCCCCCCCCCNC(=O)B[C@H](N)C(=O)NCCCCCCCCCCCC. The quantitative estimate of drug-likeness (QED) is 0.108. The molecular weight excluding hydrogens is 409 g/mol. The third-order valence-electron chi connectivity index (χ3n) is 6.42. The first-order chi connectivity index (χ1) is 16.1. The van der Waals surface area contributed by atoms with Gasteiger partial charge in [-0.15, -0.1) is 0 Å². The molecule has 0 aliphatic rings. The monoisotopic (exact) mass is 465 g/mol. The van der Waals surface area contributed by atoms with E-state index in [0.29, 0.717) is 13.1 Å². The minimum atomic E-state index is -0.749. The van der Waals surface area contributed by atoms with Gasteiger partial charge in [0.15, 0.2) is 5.81 Å². The molecule has 0 aromatic rings. The fraction of sp³-hybridized carbons (Fsp3) is 0.926. The lowest BCUT2D eigenvalue weighted by Gasteiger charge is -2.11. The Kier molecular flexibility index (Phi) is 24.8. The zero-order chi connectivity index (χ0) is 24.4. The van der Waals surface area contributed by atoms with Gasteiger partial charge in [-0.2, -0.15) is 0 Å². The van der Waals surface area contributed by atoms with Crippen molar-refractivity contribution in [2.24, 2.45) is 5.73 Å².